The Morgan fingerprint density at radius 2 is 1.83 bits per heavy atom. The van der Waals surface area contributed by atoms with Crippen LogP contribution >= 0.6 is 36.4 Å². The van der Waals surface area contributed by atoms with E-state index in [9.17, 15) is 5.26 Å². The zero-order valence-corrected chi connectivity index (χ0v) is 14.4. The first kappa shape index (κ1) is 16.0. The number of rotatable bonds is 2. The van der Waals surface area contributed by atoms with E-state index < -0.39 is 0 Å². The summed E-state index contributed by atoms with van der Waals surface area (Å²) in [5, 5.41) is 13.8. The van der Waals surface area contributed by atoms with Gasteiger partial charge in [0, 0.05) is 17.2 Å². The summed E-state index contributed by atoms with van der Waals surface area (Å²) >= 11 is 15.9. The van der Waals surface area contributed by atoms with E-state index >= 15 is 0 Å². The van der Waals surface area contributed by atoms with Crippen molar-refractivity contribution in [2.24, 2.45) is 0 Å². The minimum absolute atomic E-state index is 0.196. The van der Waals surface area contributed by atoms with Crippen LogP contribution in [-0.4, -0.2) is 4.99 Å². The number of benzene rings is 1. The number of thiol groups is 1. The fraction of sp³-hybridized carbons (Fsp3) is 0.118. The molecule has 0 spiro atoms. The highest BCUT2D eigenvalue weighted by Gasteiger charge is 2.42. The summed E-state index contributed by atoms with van der Waals surface area (Å²) in [7, 11) is 0. The van der Waals surface area contributed by atoms with E-state index in [1.807, 2.05) is 59.4 Å². The number of thiocarbonyl (C=S) groups is 1. The van der Waals surface area contributed by atoms with Crippen molar-refractivity contribution in [3.8, 4) is 6.07 Å². The number of hydrogen-bond acceptors (Lipinski definition) is 3. The molecule has 114 valence electrons. The summed E-state index contributed by atoms with van der Waals surface area (Å²) in [5.41, 5.74) is 1.54. The molecule has 3 rings (SSSR count). The Balaban J connectivity index is 2.18. The number of aromatic nitrogens is 1. The van der Waals surface area contributed by atoms with Crippen LogP contribution in [-0.2, 0) is 0 Å². The molecule has 0 radical (unpaired) electrons. The molecule has 1 aliphatic rings. The van der Waals surface area contributed by atoms with Crippen LogP contribution in [0.4, 0.5) is 0 Å². The molecule has 2 aromatic rings. The predicted molar refractivity (Wildman–Crippen MR) is 97.2 cm³/mol. The lowest BCUT2D eigenvalue weighted by molar-refractivity contribution is -0.708. The molecule has 0 fully saturated rings. The Kier molecular flexibility index (Phi) is 4.67. The summed E-state index contributed by atoms with van der Waals surface area (Å²) < 4.78 is 2.01. The second-order valence-corrected chi connectivity index (χ2v) is 6.48. The maximum absolute atomic E-state index is 9.62. The molecule has 0 unspecified atom stereocenters. The highest BCUT2D eigenvalue weighted by molar-refractivity contribution is 7.85. The van der Waals surface area contributed by atoms with Gasteiger partial charge in [0.25, 0.3) is 0 Å². The van der Waals surface area contributed by atoms with Gasteiger partial charge in [0.05, 0.1) is 22.6 Å². The van der Waals surface area contributed by atoms with E-state index in [-0.39, 0.29) is 12.0 Å². The van der Waals surface area contributed by atoms with Gasteiger partial charge in [0.1, 0.15) is 0 Å². The summed E-state index contributed by atoms with van der Waals surface area (Å²) in [5.74, 6) is -0.217. The third kappa shape index (κ3) is 3.11. The van der Waals surface area contributed by atoms with Crippen LogP contribution in [0.5, 0.6) is 0 Å². The lowest BCUT2D eigenvalue weighted by atomic mass is 9.83. The molecule has 1 aromatic carbocycles. The van der Waals surface area contributed by atoms with Crippen molar-refractivity contribution >= 4 is 41.4 Å². The standard InChI is InChI=1S/C17H12ClN3S2/c18-12-6-4-11(5-7-12)14-13(10-19)16(22)20-17(23)15(14)21-8-2-1-3-9-21/h1-9,14-15H,(H-,20,22,23)/p+1/t14-,15+/m0/s1. The third-order valence-corrected chi connectivity index (χ3v) is 4.75. The number of allylic oxidation sites excluding steroid dienone is 1. The summed E-state index contributed by atoms with van der Waals surface area (Å²) in [6.45, 7) is 0. The number of nitrogens with zero attached hydrogens (tertiary/aromatic N) is 2. The van der Waals surface area contributed by atoms with Gasteiger partial charge in [0.15, 0.2) is 17.4 Å². The number of hydrogen-bond donors (Lipinski definition) is 2. The van der Waals surface area contributed by atoms with E-state index in [1.165, 1.54) is 0 Å². The Hall–Kier alpha value is -1.87. The van der Waals surface area contributed by atoms with Crippen LogP contribution < -0.4 is 9.88 Å². The number of halogens is 1. The van der Waals surface area contributed by atoms with Crippen LogP contribution in [0, 0.1) is 11.3 Å². The molecule has 0 saturated carbocycles. The van der Waals surface area contributed by atoms with Crippen molar-refractivity contribution in [3.05, 3.63) is 76.0 Å². The lowest BCUT2D eigenvalue weighted by Gasteiger charge is -2.29. The van der Waals surface area contributed by atoms with Crippen molar-refractivity contribution in [2.75, 3.05) is 0 Å². The van der Waals surface area contributed by atoms with Crippen LogP contribution in [0.1, 0.15) is 17.5 Å². The van der Waals surface area contributed by atoms with Gasteiger partial charge in [-0.1, -0.05) is 42.0 Å². The van der Waals surface area contributed by atoms with Gasteiger partial charge in [-0.2, -0.15) is 9.83 Å². The zero-order chi connectivity index (χ0) is 16.4. The highest BCUT2D eigenvalue weighted by Crippen LogP contribution is 2.38. The van der Waals surface area contributed by atoms with Crippen molar-refractivity contribution < 1.29 is 4.57 Å². The molecule has 0 aliphatic carbocycles. The average molecular weight is 359 g/mol. The first-order valence-corrected chi connectivity index (χ1v) is 8.20. The number of nitrogens with one attached hydrogen (secondary N) is 1. The topological polar surface area (TPSA) is 39.7 Å². The van der Waals surface area contributed by atoms with Crippen LogP contribution in [0.25, 0.3) is 0 Å². The molecule has 6 heteroatoms. The van der Waals surface area contributed by atoms with Crippen LogP contribution in [0.3, 0.4) is 0 Å². The van der Waals surface area contributed by atoms with E-state index in [2.05, 4.69) is 24.0 Å². The molecule has 1 N–H and O–H groups in total. The zero-order valence-electron chi connectivity index (χ0n) is 12.0. The molecular weight excluding hydrogens is 346 g/mol. The number of nitriles is 1. The largest absolute Gasteiger partial charge is 0.339 e. The molecule has 2 atom stereocenters. The molecule has 0 saturated heterocycles. The summed E-state index contributed by atoms with van der Waals surface area (Å²) in [4.78, 5) is 0.630. The Bertz CT molecular complexity index is 810. The second kappa shape index (κ2) is 6.71. The second-order valence-electron chi connectivity index (χ2n) is 5.16. The monoisotopic (exact) mass is 358 g/mol. The molecule has 3 nitrogen and oxygen atoms in total. The van der Waals surface area contributed by atoms with Crippen molar-refractivity contribution in [1.82, 2.24) is 5.32 Å². The van der Waals surface area contributed by atoms with Crippen molar-refractivity contribution in [1.29, 1.82) is 5.26 Å². The SMILES string of the molecule is N#CC1=C(S)NC(=S)[C@H]([n+]2ccccc2)[C@H]1c1ccc(Cl)cc1. The fourth-order valence-corrected chi connectivity index (χ4v) is 3.63. The van der Waals surface area contributed by atoms with E-state index in [4.69, 9.17) is 23.8 Å². The Morgan fingerprint density at radius 3 is 2.43 bits per heavy atom. The molecule has 0 bridgehead atoms. The van der Waals surface area contributed by atoms with Gasteiger partial charge < -0.3 is 5.32 Å². The summed E-state index contributed by atoms with van der Waals surface area (Å²) in [6, 6.07) is 15.4. The maximum Gasteiger partial charge on any atom is 0.219 e. The van der Waals surface area contributed by atoms with E-state index in [0.29, 0.717) is 20.6 Å². The first-order valence-electron chi connectivity index (χ1n) is 6.97. The van der Waals surface area contributed by atoms with Crippen LogP contribution in [0.15, 0.2) is 65.5 Å². The minimum Gasteiger partial charge on any atom is -0.339 e. The Morgan fingerprint density at radius 1 is 1.17 bits per heavy atom. The molecular formula is C17H13ClN3S2+. The molecule has 1 aliphatic heterocycles. The first-order chi connectivity index (χ1) is 11.1. The normalized spacial score (nSPS) is 20.8. The number of pyridine rings is 1. The lowest BCUT2D eigenvalue weighted by Crippen LogP contribution is -2.52. The Labute approximate surface area is 150 Å². The predicted octanol–water partition coefficient (Wildman–Crippen LogP) is 3.55. The van der Waals surface area contributed by atoms with E-state index in [0.717, 1.165) is 5.56 Å². The van der Waals surface area contributed by atoms with Gasteiger partial charge in [0.2, 0.25) is 6.04 Å². The quantitative estimate of drug-likeness (QED) is 0.490. The molecule has 0 amide bonds. The van der Waals surface area contributed by atoms with E-state index in [1.54, 1.807) is 0 Å². The molecule has 2 heterocycles. The molecule has 1 aromatic heterocycles. The highest BCUT2D eigenvalue weighted by atomic mass is 35.5. The van der Waals surface area contributed by atoms with Gasteiger partial charge >= 0.3 is 0 Å². The van der Waals surface area contributed by atoms with Gasteiger partial charge in [-0.15, -0.1) is 12.6 Å². The maximum atomic E-state index is 9.62. The smallest absolute Gasteiger partial charge is 0.219 e. The molecule has 23 heavy (non-hydrogen) atoms. The van der Waals surface area contributed by atoms with Gasteiger partial charge in [-0.05, 0) is 17.7 Å². The van der Waals surface area contributed by atoms with Crippen molar-refractivity contribution in [2.45, 2.75) is 12.0 Å². The van der Waals surface area contributed by atoms with Crippen LogP contribution in [0.2, 0.25) is 5.02 Å². The van der Waals surface area contributed by atoms with Crippen molar-refractivity contribution in [3.63, 3.8) is 0 Å². The minimum atomic E-state index is -0.217. The fourth-order valence-electron chi connectivity index (χ4n) is 2.76. The van der Waals surface area contributed by atoms with Gasteiger partial charge in [-0.25, -0.2) is 0 Å². The van der Waals surface area contributed by atoms with Gasteiger partial charge in [-0.3, -0.25) is 0 Å². The third-order valence-electron chi connectivity index (χ3n) is 3.80. The average Bonchev–Trinajstić information content (AvgIpc) is 2.56. The summed E-state index contributed by atoms with van der Waals surface area (Å²) in [6.07, 6.45) is 3.89.